The van der Waals surface area contributed by atoms with Crippen LogP contribution < -0.4 is 15.8 Å². The van der Waals surface area contributed by atoms with Gasteiger partial charge in [0.25, 0.3) is 0 Å². The van der Waals surface area contributed by atoms with Crippen molar-refractivity contribution in [1.82, 2.24) is 15.6 Å². The summed E-state index contributed by atoms with van der Waals surface area (Å²) in [6.45, 7) is 0.914. The van der Waals surface area contributed by atoms with Crippen LogP contribution in [0.2, 0.25) is 0 Å². The highest BCUT2D eigenvalue weighted by atomic mass is 127. The minimum atomic E-state index is -4.42. The highest BCUT2D eigenvalue weighted by Gasteiger charge is 2.33. The number of alkyl halides is 3. The van der Waals surface area contributed by atoms with E-state index >= 15 is 0 Å². The van der Waals surface area contributed by atoms with Gasteiger partial charge in [0.05, 0.1) is 9.90 Å². The summed E-state index contributed by atoms with van der Waals surface area (Å²) >= 11 is 0.971. The Morgan fingerprint density at radius 3 is 2.24 bits per heavy atom. The number of hydrogen-bond donors (Lipinski definition) is 3. The van der Waals surface area contributed by atoms with Crippen LogP contribution in [0.1, 0.15) is 16.3 Å². The number of guanidine groups is 1. The standard InChI is InChI=1S/C16H20F3N5O2S2.HI/c1-21-15(23-9-7-14-24-13(10-27-14)16(17,18)19)22-8-6-11-2-4-12(5-3-11)28(20,25)26;/h2-5,10H,6-9H2,1H3,(H2,20,25,26)(H2,21,22,23);1H. The lowest BCUT2D eigenvalue weighted by Crippen LogP contribution is -2.39. The van der Waals surface area contributed by atoms with E-state index in [9.17, 15) is 21.6 Å². The maximum absolute atomic E-state index is 12.5. The maximum atomic E-state index is 12.5. The van der Waals surface area contributed by atoms with Crippen LogP contribution in [0, 0.1) is 0 Å². The van der Waals surface area contributed by atoms with Crippen molar-refractivity contribution in [2.24, 2.45) is 10.1 Å². The topological polar surface area (TPSA) is 109 Å². The van der Waals surface area contributed by atoms with E-state index in [4.69, 9.17) is 5.14 Å². The van der Waals surface area contributed by atoms with Crippen molar-refractivity contribution in [2.45, 2.75) is 23.9 Å². The van der Waals surface area contributed by atoms with Gasteiger partial charge in [0.1, 0.15) is 0 Å². The minimum Gasteiger partial charge on any atom is -0.356 e. The second-order valence-corrected chi connectivity index (χ2v) is 8.24. The van der Waals surface area contributed by atoms with Crippen molar-refractivity contribution < 1.29 is 21.6 Å². The zero-order valence-corrected chi connectivity index (χ0v) is 19.3. The first kappa shape index (κ1) is 25.6. The normalized spacial score (nSPS) is 12.4. The van der Waals surface area contributed by atoms with E-state index in [-0.39, 0.29) is 28.9 Å². The molecule has 0 spiro atoms. The van der Waals surface area contributed by atoms with Crippen LogP contribution in [0.3, 0.4) is 0 Å². The molecule has 0 atom stereocenters. The van der Waals surface area contributed by atoms with Crippen LogP contribution in [-0.2, 0) is 29.0 Å². The van der Waals surface area contributed by atoms with Crippen molar-refractivity contribution in [3.8, 4) is 0 Å². The molecule has 1 heterocycles. The van der Waals surface area contributed by atoms with Crippen molar-refractivity contribution in [1.29, 1.82) is 0 Å². The molecule has 0 aliphatic rings. The fourth-order valence-corrected chi connectivity index (χ4v) is 3.56. The van der Waals surface area contributed by atoms with Crippen LogP contribution in [0.4, 0.5) is 13.2 Å². The van der Waals surface area contributed by atoms with Crippen molar-refractivity contribution in [3.63, 3.8) is 0 Å². The van der Waals surface area contributed by atoms with Crippen LogP contribution in [-0.4, -0.2) is 39.5 Å². The summed E-state index contributed by atoms with van der Waals surface area (Å²) in [5, 5.41) is 12.5. The number of sulfonamides is 1. The molecule has 1 aromatic heterocycles. The van der Waals surface area contributed by atoms with Gasteiger partial charge in [-0.1, -0.05) is 12.1 Å². The Hall–Kier alpha value is -1.45. The summed E-state index contributed by atoms with van der Waals surface area (Å²) in [4.78, 5) is 7.67. The average molecular weight is 563 g/mol. The summed E-state index contributed by atoms with van der Waals surface area (Å²) in [6, 6.07) is 6.25. The van der Waals surface area contributed by atoms with E-state index < -0.39 is 21.9 Å². The molecule has 7 nitrogen and oxygen atoms in total. The van der Waals surface area contributed by atoms with Gasteiger partial charge in [-0.3, -0.25) is 4.99 Å². The predicted molar refractivity (Wildman–Crippen MR) is 117 cm³/mol. The SMILES string of the molecule is CN=C(NCCc1ccc(S(N)(=O)=O)cc1)NCCc1nc(C(F)(F)F)cs1.I. The molecule has 0 fully saturated rings. The lowest BCUT2D eigenvalue weighted by atomic mass is 10.1. The number of aliphatic imine (C=N–C) groups is 1. The van der Waals surface area contributed by atoms with E-state index in [0.717, 1.165) is 22.3 Å². The highest BCUT2D eigenvalue weighted by molar-refractivity contribution is 14.0. The number of halogens is 4. The second kappa shape index (κ2) is 11.1. The minimum absolute atomic E-state index is 0. The Kier molecular flexibility index (Phi) is 9.78. The third kappa shape index (κ3) is 8.44. The molecule has 13 heteroatoms. The summed E-state index contributed by atoms with van der Waals surface area (Å²) in [5.41, 5.74) is 0.0429. The molecule has 0 aliphatic heterocycles. The van der Waals surface area contributed by atoms with Crippen molar-refractivity contribution in [2.75, 3.05) is 20.1 Å². The number of benzene rings is 1. The number of nitrogens with one attached hydrogen (secondary N) is 2. The number of nitrogens with two attached hydrogens (primary N) is 1. The van der Waals surface area contributed by atoms with Gasteiger partial charge in [-0.15, -0.1) is 35.3 Å². The van der Waals surface area contributed by atoms with E-state index in [1.807, 2.05) is 0 Å². The monoisotopic (exact) mass is 563 g/mol. The molecule has 0 bridgehead atoms. The molecule has 162 valence electrons. The molecule has 29 heavy (non-hydrogen) atoms. The van der Waals surface area contributed by atoms with Gasteiger partial charge in [0, 0.05) is 31.9 Å². The van der Waals surface area contributed by atoms with Gasteiger partial charge in [0.2, 0.25) is 10.0 Å². The molecule has 0 saturated heterocycles. The molecular formula is C16H21F3IN5O2S2. The molecule has 0 saturated carbocycles. The molecular weight excluding hydrogens is 542 g/mol. The van der Waals surface area contributed by atoms with E-state index in [1.165, 1.54) is 12.1 Å². The number of rotatable bonds is 7. The molecule has 0 amide bonds. The second-order valence-electron chi connectivity index (χ2n) is 5.74. The van der Waals surface area contributed by atoms with Crippen LogP contribution in [0.15, 0.2) is 39.5 Å². The molecule has 0 radical (unpaired) electrons. The zero-order valence-electron chi connectivity index (χ0n) is 15.4. The molecule has 4 N–H and O–H groups in total. The third-order valence-corrected chi connectivity index (χ3v) is 5.49. The van der Waals surface area contributed by atoms with Gasteiger partial charge in [-0.05, 0) is 24.1 Å². The van der Waals surface area contributed by atoms with Crippen LogP contribution in [0.25, 0.3) is 0 Å². The Morgan fingerprint density at radius 1 is 1.17 bits per heavy atom. The lowest BCUT2D eigenvalue weighted by Gasteiger charge is -2.11. The Labute approximate surface area is 188 Å². The highest BCUT2D eigenvalue weighted by Crippen LogP contribution is 2.29. The molecule has 1 aromatic carbocycles. The zero-order chi connectivity index (χ0) is 20.8. The van der Waals surface area contributed by atoms with E-state index in [0.29, 0.717) is 36.9 Å². The summed E-state index contributed by atoms with van der Waals surface area (Å²) in [5.74, 6) is 0.508. The third-order valence-electron chi connectivity index (χ3n) is 3.66. The fraction of sp³-hybridized carbons (Fsp3) is 0.375. The van der Waals surface area contributed by atoms with Crippen molar-refractivity contribution >= 4 is 51.3 Å². The number of hydrogen-bond acceptors (Lipinski definition) is 5. The lowest BCUT2D eigenvalue weighted by molar-refractivity contribution is -0.140. The molecule has 0 unspecified atom stereocenters. The Morgan fingerprint density at radius 2 is 1.76 bits per heavy atom. The Balaban J connectivity index is 0.00000420. The number of thiazole rings is 1. The largest absolute Gasteiger partial charge is 0.434 e. The molecule has 0 aliphatic carbocycles. The predicted octanol–water partition coefficient (Wildman–Crippen LogP) is 2.38. The number of primary sulfonamides is 1. The van der Waals surface area contributed by atoms with Gasteiger partial charge in [-0.2, -0.15) is 13.2 Å². The fourth-order valence-electron chi connectivity index (χ4n) is 2.24. The van der Waals surface area contributed by atoms with E-state index in [2.05, 4.69) is 20.6 Å². The maximum Gasteiger partial charge on any atom is 0.434 e. The first-order chi connectivity index (χ1) is 13.1. The van der Waals surface area contributed by atoms with E-state index in [1.54, 1.807) is 19.2 Å². The Bertz CT molecular complexity index is 915. The smallest absolute Gasteiger partial charge is 0.356 e. The van der Waals surface area contributed by atoms with Crippen molar-refractivity contribution in [3.05, 3.63) is 45.9 Å². The molecule has 2 aromatic rings. The van der Waals surface area contributed by atoms with Gasteiger partial charge < -0.3 is 10.6 Å². The first-order valence-corrected chi connectivity index (χ1v) is 10.6. The summed E-state index contributed by atoms with van der Waals surface area (Å²) in [6.07, 6.45) is -3.46. The van der Waals surface area contributed by atoms with Gasteiger partial charge in [-0.25, -0.2) is 18.5 Å². The summed E-state index contributed by atoms with van der Waals surface area (Å²) < 4.78 is 60.0. The molecule has 2 rings (SSSR count). The van der Waals surface area contributed by atoms with Gasteiger partial charge >= 0.3 is 6.18 Å². The average Bonchev–Trinajstić information content (AvgIpc) is 3.09. The van der Waals surface area contributed by atoms with Crippen LogP contribution >= 0.6 is 35.3 Å². The van der Waals surface area contributed by atoms with Crippen LogP contribution in [0.5, 0.6) is 0 Å². The summed E-state index contributed by atoms with van der Waals surface area (Å²) in [7, 11) is -2.12. The van der Waals surface area contributed by atoms with Gasteiger partial charge in [0.15, 0.2) is 11.7 Å². The quantitative estimate of drug-likeness (QED) is 0.273. The first-order valence-electron chi connectivity index (χ1n) is 8.17. The number of aromatic nitrogens is 1. The number of nitrogens with zero attached hydrogens (tertiary/aromatic N) is 2.